The van der Waals surface area contributed by atoms with E-state index in [2.05, 4.69) is 12.2 Å². The standard InChI is InChI=1S/C14H29NO4/c1-11-3-5-13(6-4-11)19-8-12(18)7-15-14(2,9-16)10-17/h11-13,15-18H,3-10H2,1-2H3. The summed E-state index contributed by atoms with van der Waals surface area (Å²) in [4.78, 5) is 0. The van der Waals surface area contributed by atoms with Crippen molar-refractivity contribution in [1.29, 1.82) is 0 Å². The fourth-order valence-electron chi connectivity index (χ4n) is 2.23. The minimum absolute atomic E-state index is 0.169. The summed E-state index contributed by atoms with van der Waals surface area (Å²) in [5.74, 6) is 0.793. The summed E-state index contributed by atoms with van der Waals surface area (Å²) in [6.45, 7) is 4.25. The van der Waals surface area contributed by atoms with Crippen LogP contribution in [0, 0.1) is 5.92 Å². The van der Waals surface area contributed by atoms with E-state index >= 15 is 0 Å². The van der Waals surface area contributed by atoms with Crippen molar-refractivity contribution in [3.63, 3.8) is 0 Å². The van der Waals surface area contributed by atoms with Crippen molar-refractivity contribution in [2.45, 2.75) is 57.3 Å². The van der Waals surface area contributed by atoms with E-state index < -0.39 is 11.6 Å². The lowest BCUT2D eigenvalue weighted by molar-refractivity contribution is -0.0315. The van der Waals surface area contributed by atoms with E-state index in [4.69, 9.17) is 14.9 Å². The summed E-state index contributed by atoms with van der Waals surface area (Å²) in [5, 5.41) is 31.0. The van der Waals surface area contributed by atoms with Crippen LogP contribution >= 0.6 is 0 Å². The molecule has 1 atom stereocenters. The van der Waals surface area contributed by atoms with Crippen molar-refractivity contribution in [2.75, 3.05) is 26.4 Å². The Balaban J connectivity index is 2.15. The first kappa shape index (κ1) is 16.9. The van der Waals surface area contributed by atoms with Gasteiger partial charge in [0.2, 0.25) is 0 Å². The highest BCUT2D eigenvalue weighted by molar-refractivity contribution is 4.82. The third kappa shape index (κ3) is 6.19. The maximum atomic E-state index is 9.84. The van der Waals surface area contributed by atoms with Gasteiger partial charge in [0.1, 0.15) is 0 Å². The third-order valence-electron chi connectivity index (χ3n) is 3.95. The van der Waals surface area contributed by atoms with Crippen LogP contribution in [0.25, 0.3) is 0 Å². The van der Waals surface area contributed by atoms with Gasteiger partial charge in [-0.05, 0) is 38.5 Å². The molecular formula is C14H29NO4. The van der Waals surface area contributed by atoms with Crippen LogP contribution in [0.3, 0.4) is 0 Å². The molecule has 0 saturated heterocycles. The van der Waals surface area contributed by atoms with Gasteiger partial charge in [-0.15, -0.1) is 0 Å². The predicted molar refractivity (Wildman–Crippen MR) is 74.0 cm³/mol. The van der Waals surface area contributed by atoms with Crippen molar-refractivity contribution in [2.24, 2.45) is 5.92 Å². The number of β-amino-alcohol motifs (C(OH)–C–C–N with tert-alkyl or cyclic N) is 1. The van der Waals surface area contributed by atoms with Gasteiger partial charge in [0.15, 0.2) is 0 Å². The van der Waals surface area contributed by atoms with Gasteiger partial charge >= 0.3 is 0 Å². The van der Waals surface area contributed by atoms with Gasteiger partial charge in [0.05, 0.1) is 37.6 Å². The highest BCUT2D eigenvalue weighted by atomic mass is 16.5. The molecule has 0 bridgehead atoms. The highest BCUT2D eigenvalue weighted by Crippen LogP contribution is 2.25. The summed E-state index contributed by atoms with van der Waals surface area (Å²) in [6, 6.07) is 0. The molecule has 0 aliphatic heterocycles. The van der Waals surface area contributed by atoms with Crippen LogP contribution in [-0.4, -0.2) is 59.4 Å². The molecule has 1 unspecified atom stereocenters. The summed E-state index contributed by atoms with van der Waals surface area (Å²) in [7, 11) is 0. The van der Waals surface area contributed by atoms with E-state index in [-0.39, 0.29) is 19.3 Å². The van der Waals surface area contributed by atoms with E-state index in [1.54, 1.807) is 6.92 Å². The SMILES string of the molecule is CC1CCC(OCC(O)CNC(C)(CO)CO)CC1. The first-order valence-corrected chi connectivity index (χ1v) is 7.25. The van der Waals surface area contributed by atoms with Crippen molar-refractivity contribution >= 4 is 0 Å². The zero-order valence-corrected chi connectivity index (χ0v) is 12.1. The van der Waals surface area contributed by atoms with Crippen molar-refractivity contribution < 1.29 is 20.1 Å². The van der Waals surface area contributed by atoms with Gasteiger partial charge in [-0.25, -0.2) is 0 Å². The number of hydrogen-bond donors (Lipinski definition) is 4. The van der Waals surface area contributed by atoms with E-state index in [0.717, 1.165) is 18.8 Å². The lowest BCUT2D eigenvalue weighted by Gasteiger charge is -2.29. The fraction of sp³-hybridized carbons (Fsp3) is 1.00. The second kappa shape index (κ2) is 8.17. The quantitative estimate of drug-likeness (QED) is 0.511. The van der Waals surface area contributed by atoms with Crippen LogP contribution < -0.4 is 5.32 Å². The molecule has 5 nitrogen and oxygen atoms in total. The molecule has 0 spiro atoms. The number of ether oxygens (including phenoxy) is 1. The molecule has 0 amide bonds. The number of nitrogens with one attached hydrogen (secondary N) is 1. The van der Waals surface area contributed by atoms with E-state index in [9.17, 15) is 5.11 Å². The van der Waals surface area contributed by atoms with Crippen LogP contribution in [0.5, 0.6) is 0 Å². The van der Waals surface area contributed by atoms with Crippen LogP contribution in [0.2, 0.25) is 0 Å². The van der Waals surface area contributed by atoms with Crippen molar-refractivity contribution in [1.82, 2.24) is 5.32 Å². The zero-order valence-electron chi connectivity index (χ0n) is 12.1. The number of aliphatic hydroxyl groups excluding tert-OH is 3. The lowest BCUT2D eigenvalue weighted by Crippen LogP contribution is -2.52. The van der Waals surface area contributed by atoms with Crippen LogP contribution in [-0.2, 0) is 4.74 Å². The van der Waals surface area contributed by atoms with Crippen molar-refractivity contribution in [3.8, 4) is 0 Å². The van der Waals surface area contributed by atoms with Gasteiger partial charge < -0.3 is 25.4 Å². The highest BCUT2D eigenvalue weighted by Gasteiger charge is 2.23. The van der Waals surface area contributed by atoms with E-state index in [1.807, 2.05) is 0 Å². The average molecular weight is 275 g/mol. The Morgan fingerprint density at radius 2 is 1.79 bits per heavy atom. The summed E-state index contributed by atoms with van der Waals surface area (Å²) < 4.78 is 5.71. The van der Waals surface area contributed by atoms with Gasteiger partial charge in [-0.3, -0.25) is 0 Å². The van der Waals surface area contributed by atoms with Gasteiger partial charge in [0.25, 0.3) is 0 Å². The number of hydrogen-bond acceptors (Lipinski definition) is 5. The predicted octanol–water partition coefficient (Wildman–Crippen LogP) is 0.275. The maximum absolute atomic E-state index is 9.84. The molecule has 19 heavy (non-hydrogen) atoms. The molecular weight excluding hydrogens is 246 g/mol. The Bertz CT molecular complexity index is 238. The molecule has 1 fully saturated rings. The minimum atomic E-state index is -0.749. The lowest BCUT2D eigenvalue weighted by atomic mass is 9.89. The Morgan fingerprint density at radius 1 is 1.21 bits per heavy atom. The first-order valence-electron chi connectivity index (χ1n) is 7.25. The molecule has 114 valence electrons. The average Bonchev–Trinajstić information content (AvgIpc) is 2.44. The third-order valence-corrected chi connectivity index (χ3v) is 3.95. The number of aliphatic hydroxyl groups is 3. The Kier molecular flexibility index (Phi) is 7.25. The van der Waals surface area contributed by atoms with E-state index in [0.29, 0.717) is 13.2 Å². The maximum Gasteiger partial charge on any atom is 0.0898 e. The first-order chi connectivity index (χ1) is 8.99. The monoisotopic (exact) mass is 275 g/mol. The summed E-state index contributed by atoms with van der Waals surface area (Å²) in [6.07, 6.45) is 4.21. The minimum Gasteiger partial charge on any atom is -0.394 e. The molecule has 4 N–H and O–H groups in total. The molecule has 1 aliphatic rings. The van der Waals surface area contributed by atoms with Gasteiger partial charge in [0, 0.05) is 6.54 Å². The Labute approximate surface area is 116 Å². The summed E-state index contributed by atoms with van der Waals surface area (Å²) >= 11 is 0. The molecule has 0 heterocycles. The normalized spacial score (nSPS) is 26.4. The molecule has 1 rings (SSSR count). The molecule has 0 aromatic carbocycles. The molecule has 0 aromatic heterocycles. The second-order valence-corrected chi connectivity index (χ2v) is 6.13. The second-order valence-electron chi connectivity index (χ2n) is 6.13. The Morgan fingerprint density at radius 3 is 2.32 bits per heavy atom. The topological polar surface area (TPSA) is 82.0 Å². The Hall–Kier alpha value is -0.200. The largest absolute Gasteiger partial charge is 0.394 e. The molecule has 0 aromatic rings. The number of rotatable bonds is 8. The zero-order chi connectivity index (χ0) is 14.3. The fourth-order valence-corrected chi connectivity index (χ4v) is 2.23. The van der Waals surface area contributed by atoms with Crippen LogP contribution in [0.15, 0.2) is 0 Å². The molecule has 0 radical (unpaired) electrons. The molecule has 5 heteroatoms. The van der Waals surface area contributed by atoms with Gasteiger partial charge in [-0.1, -0.05) is 6.92 Å². The summed E-state index contributed by atoms with van der Waals surface area (Å²) in [5.41, 5.74) is -0.749. The molecule has 1 aliphatic carbocycles. The molecule has 1 saturated carbocycles. The van der Waals surface area contributed by atoms with Crippen molar-refractivity contribution in [3.05, 3.63) is 0 Å². The van der Waals surface area contributed by atoms with Crippen LogP contribution in [0.4, 0.5) is 0 Å². The smallest absolute Gasteiger partial charge is 0.0898 e. The van der Waals surface area contributed by atoms with Crippen LogP contribution in [0.1, 0.15) is 39.5 Å². The van der Waals surface area contributed by atoms with E-state index in [1.165, 1.54) is 12.8 Å². The van der Waals surface area contributed by atoms with Gasteiger partial charge in [-0.2, -0.15) is 0 Å².